The predicted octanol–water partition coefficient (Wildman–Crippen LogP) is 2.44. The Morgan fingerprint density at radius 3 is 2.50 bits per heavy atom. The number of ether oxygens (including phenoxy) is 1. The lowest BCUT2D eigenvalue weighted by Crippen LogP contribution is -2.15. The van der Waals surface area contributed by atoms with E-state index in [-0.39, 0.29) is 6.04 Å². The summed E-state index contributed by atoms with van der Waals surface area (Å²) in [4.78, 5) is 1.29. The van der Waals surface area contributed by atoms with Gasteiger partial charge in [-0.05, 0) is 23.4 Å². The zero-order valence-electron chi connectivity index (χ0n) is 8.69. The van der Waals surface area contributed by atoms with Crippen LogP contribution in [0.1, 0.15) is 18.5 Å². The van der Waals surface area contributed by atoms with E-state index in [4.69, 9.17) is 10.5 Å². The van der Waals surface area contributed by atoms with E-state index in [9.17, 15) is 0 Å². The standard InChI is InChI=1S/C11H17NOS/c1-3-14-10-6-4-9(5-7-10)11(12)8-13-2/h4-7,11H,3,8,12H2,1-2H3/t11-/m0/s1. The fraction of sp³-hybridized carbons (Fsp3) is 0.455. The first-order chi connectivity index (χ1) is 6.77. The molecule has 0 radical (unpaired) electrons. The third-order valence-corrected chi connectivity index (χ3v) is 2.86. The summed E-state index contributed by atoms with van der Waals surface area (Å²) in [6.07, 6.45) is 0. The molecular weight excluding hydrogens is 194 g/mol. The Hall–Kier alpha value is -0.510. The van der Waals surface area contributed by atoms with Gasteiger partial charge in [-0.1, -0.05) is 19.1 Å². The molecule has 2 N–H and O–H groups in total. The van der Waals surface area contributed by atoms with Gasteiger partial charge < -0.3 is 10.5 Å². The molecule has 0 aliphatic rings. The summed E-state index contributed by atoms with van der Waals surface area (Å²) in [6, 6.07) is 8.35. The molecule has 0 aliphatic heterocycles. The largest absolute Gasteiger partial charge is 0.383 e. The lowest BCUT2D eigenvalue weighted by Gasteiger charge is -2.10. The van der Waals surface area contributed by atoms with E-state index < -0.39 is 0 Å². The van der Waals surface area contributed by atoms with Gasteiger partial charge in [-0.2, -0.15) is 0 Å². The van der Waals surface area contributed by atoms with Crippen molar-refractivity contribution < 1.29 is 4.74 Å². The number of hydrogen-bond acceptors (Lipinski definition) is 3. The molecule has 0 fully saturated rings. The first kappa shape index (κ1) is 11.6. The average molecular weight is 211 g/mol. The van der Waals surface area contributed by atoms with E-state index in [1.54, 1.807) is 7.11 Å². The van der Waals surface area contributed by atoms with Gasteiger partial charge in [0, 0.05) is 12.0 Å². The highest BCUT2D eigenvalue weighted by atomic mass is 32.2. The van der Waals surface area contributed by atoms with Crippen molar-refractivity contribution in [2.24, 2.45) is 5.73 Å². The number of thioether (sulfide) groups is 1. The van der Waals surface area contributed by atoms with Gasteiger partial charge in [-0.25, -0.2) is 0 Å². The van der Waals surface area contributed by atoms with E-state index in [0.29, 0.717) is 6.61 Å². The van der Waals surface area contributed by atoms with Gasteiger partial charge in [0.2, 0.25) is 0 Å². The van der Waals surface area contributed by atoms with E-state index in [0.717, 1.165) is 11.3 Å². The zero-order valence-corrected chi connectivity index (χ0v) is 9.51. The normalized spacial score (nSPS) is 12.8. The van der Waals surface area contributed by atoms with Gasteiger partial charge in [0.15, 0.2) is 0 Å². The molecule has 0 bridgehead atoms. The second-order valence-electron chi connectivity index (χ2n) is 3.06. The summed E-state index contributed by atoms with van der Waals surface area (Å²) in [6.45, 7) is 2.72. The van der Waals surface area contributed by atoms with E-state index in [2.05, 4.69) is 31.2 Å². The maximum atomic E-state index is 5.90. The highest BCUT2D eigenvalue weighted by Crippen LogP contribution is 2.19. The molecule has 0 saturated carbocycles. The molecule has 3 heteroatoms. The number of methoxy groups -OCH3 is 1. The molecule has 0 heterocycles. The molecule has 14 heavy (non-hydrogen) atoms. The number of nitrogens with two attached hydrogens (primary N) is 1. The Bertz CT molecular complexity index is 260. The van der Waals surface area contributed by atoms with Crippen LogP contribution in [-0.4, -0.2) is 19.5 Å². The molecule has 1 rings (SSSR count). The Morgan fingerprint density at radius 2 is 2.00 bits per heavy atom. The molecule has 1 atom stereocenters. The topological polar surface area (TPSA) is 35.2 Å². The molecule has 1 aromatic carbocycles. The minimum Gasteiger partial charge on any atom is -0.383 e. The first-order valence-corrected chi connectivity index (χ1v) is 5.73. The molecule has 0 saturated heterocycles. The van der Waals surface area contributed by atoms with Gasteiger partial charge >= 0.3 is 0 Å². The van der Waals surface area contributed by atoms with Crippen LogP contribution in [0.15, 0.2) is 29.2 Å². The maximum Gasteiger partial charge on any atom is 0.0655 e. The number of benzene rings is 1. The molecule has 0 spiro atoms. The monoisotopic (exact) mass is 211 g/mol. The van der Waals surface area contributed by atoms with E-state index in [1.807, 2.05) is 11.8 Å². The second kappa shape index (κ2) is 6.06. The molecule has 1 aromatic rings. The van der Waals surface area contributed by atoms with Gasteiger partial charge in [0.25, 0.3) is 0 Å². The smallest absolute Gasteiger partial charge is 0.0655 e. The maximum absolute atomic E-state index is 5.90. The molecule has 78 valence electrons. The first-order valence-electron chi connectivity index (χ1n) is 4.75. The van der Waals surface area contributed by atoms with Crippen LogP contribution in [0, 0.1) is 0 Å². The SMILES string of the molecule is CCSc1ccc([C@@H](N)COC)cc1. The lowest BCUT2D eigenvalue weighted by molar-refractivity contribution is 0.181. The molecule has 0 aliphatic carbocycles. The Labute approximate surface area is 89.8 Å². The van der Waals surface area contributed by atoms with Gasteiger partial charge in [0.05, 0.1) is 12.6 Å². The summed E-state index contributed by atoms with van der Waals surface area (Å²) in [5.74, 6) is 1.10. The summed E-state index contributed by atoms with van der Waals surface area (Å²) >= 11 is 1.84. The van der Waals surface area contributed by atoms with Crippen molar-refractivity contribution in [3.05, 3.63) is 29.8 Å². The fourth-order valence-electron chi connectivity index (χ4n) is 1.25. The van der Waals surface area contributed by atoms with E-state index >= 15 is 0 Å². The predicted molar refractivity (Wildman–Crippen MR) is 61.6 cm³/mol. The van der Waals surface area contributed by atoms with Crippen LogP contribution in [0.5, 0.6) is 0 Å². The van der Waals surface area contributed by atoms with Gasteiger partial charge in [0.1, 0.15) is 0 Å². The van der Waals surface area contributed by atoms with Crippen molar-refractivity contribution in [1.82, 2.24) is 0 Å². The quantitative estimate of drug-likeness (QED) is 0.760. The molecule has 0 unspecified atom stereocenters. The Balaban J connectivity index is 2.62. The number of rotatable bonds is 5. The highest BCUT2D eigenvalue weighted by molar-refractivity contribution is 7.99. The van der Waals surface area contributed by atoms with Crippen LogP contribution in [0.4, 0.5) is 0 Å². The van der Waals surface area contributed by atoms with Crippen LogP contribution < -0.4 is 5.73 Å². The van der Waals surface area contributed by atoms with Crippen molar-refractivity contribution in [3.8, 4) is 0 Å². The molecule has 2 nitrogen and oxygen atoms in total. The fourth-order valence-corrected chi connectivity index (χ4v) is 1.92. The third-order valence-electron chi connectivity index (χ3n) is 1.97. The van der Waals surface area contributed by atoms with Crippen LogP contribution in [0.2, 0.25) is 0 Å². The van der Waals surface area contributed by atoms with E-state index in [1.165, 1.54) is 4.90 Å². The average Bonchev–Trinajstić information content (AvgIpc) is 2.20. The summed E-state index contributed by atoms with van der Waals surface area (Å²) in [5, 5.41) is 0. The second-order valence-corrected chi connectivity index (χ2v) is 4.40. The van der Waals surface area contributed by atoms with Crippen LogP contribution >= 0.6 is 11.8 Å². The Morgan fingerprint density at radius 1 is 1.36 bits per heavy atom. The Kier molecular flexibility index (Phi) is 5.01. The zero-order chi connectivity index (χ0) is 10.4. The molecule has 0 amide bonds. The summed E-state index contributed by atoms with van der Waals surface area (Å²) < 4.78 is 5.01. The van der Waals surface area contributed by atoms with Crippen molar-refractivity contribution >= 4 is 11.8 Å². The van der Waals surface area contributed by atoms with Crippen LogP contribution in [0.25, 0.3) is 0 Å². The summed E-state index contributed by atoms with van der Waals surface area (Å²) in [5.41, 5.74) is 7.03. The van der Waals surface area contributed by atoms with Crippen molar-refractivity contribution in [1.29, 1.82) is 0 Å². The molecular formula is C11H17NOS. The van der Waals surface area contributed by atoms with Crippen LogP contribution in [-0.2, 0) is 4.74 Å². The summed E-state index contributed by atoms with van der Waals surface area (Å²) in [7, 11) is 1.67. The van der Waals surface area contributed by atoms with Crippen molar-refractivity contribution in [2.75, 3.05) is 19.5 Å². The third kappa shape index (κ3) is 3.33. The highest BCUT2D eigenvalue weighted by Gasteiger charge is 2.04. The van der Waals surface area contributed by atoms with Gasteiger partial charge in [-0.15, -0.1) is 11.8 Å². The van der Waals surface area contributed by atoms with Crippen molar-refractivity contribution in [2.45, 2.75) is 17.9 Å². The van der Waals surface area contributed by atoms with Crippen LogP contribution in [0.3, 0.4) is 0 Å². The minimum atomic E-state index is -0.0133. The van der Waals surface area contributed by atoms with Gasteiger partial charge in [-0.3, -0.25) is 0 Å². The molecule has 0 aromatic heterocycles. The number of hydrogen-bond donors (Lipinski definition) is 1. The lowest BCUT2D eigenvalue weighted by atomic mass is 10.1. The van der Waals surface area contributed by atoms with Crippen molar-refractivity contribution in [3.63, 3.8) is 0 Å². The minimum absolute atomic E-state index is 0.0133.